The molecule has 0 radical (unpaired) electrons. The number of methoxy groups -OCH3 is 1. The van der Waals surface area contributed by atoms with Crippen molar-refractivity contribution in [3.63, 3.8) is 0 Å². The summed E-state index contributed by atoms with van der Waals surface area (Å²) in [4.78, 5) is 20.8. The second-order valence-corrected chi connectivity index (χ2v) is 6.06. The lowest BCUT2D eigenvalue weighted by molar-refractivity contribution is 0.0964. The largest absolute Gasteiger partial charge is 0.467 e. The average molecular weight is 377 g/mol. The van der Waals surface area contributed by atoms with Gasteiger partial charge in [0.15, 0.2) is 0 Å². The predicted molar refractivity (Wildman–Crippen MR) is 103 cm³/mol. The van der Waals surface area contributed by atoms with Gasteiger partial charge in [-0.2, -0.15) is 0 Å². The summed E-state index contributed by atoms with van der Waals surface area (Å²) in [6, 6.07) is 11.6. The molecule has 0 aliphatic rings. The highest BCUT2D eigenvalue weighted by Crippen LogP contribution is 2.36. The molecule has 7 heteroatoms. The summed E-state index contributed by atoms with van der Waals surface area (Å²) < 4.78 is 24.2. The SMILES string of the molecule is CNC(=O)c1c(-c2ccc(F)cc2)oc2ccc(-c3cnc(OC)nc3)cc12. The number of furan rings is 1. The number of fused-ring (bicyclic) bond motifs is 1. The van der Waals surface area contributed by atoms with Crippen LogP contribution in [0.1, 0.15) is 10.4 Å². The van der Waals surface area contributed by atoms with Crippen LogP contribution in [0.3, 0.4) is 0 Å². The van der Waals surface area contributed by atoms with E-state index in [1.54, 1.807) is 37.6 Å². The first-order chi connectivity index (χ1) is 13.6. The summed E-state index contributed by atoms with van der Waals surface area (Å²) in [6.07, 6.45) is 3.29. The Morgan fingerprint density at radius 2 is 1.71 bits per heavy atom. The molecule has 6 nitrogen and oxygen atoms in total. The first kappa shape index (κ1) is 17.7. The zero-order valence-corrected chi connectivity index (χ0v) is 15.2. The van der Waals surface area contributed by atoms with Crippen molar-refractivity contribution in [2.45, 2.75) is 0 Å². The molecule has 4 aromatic rings. The van der Waals surface area contributed by atoms with Gasteiger partial charge in [0.2, 0.25) is 0 Å². The Morgan fingerprint density at radius 1 is 1.04 bits per heavy atom. The number of nitrogens with zero attached hydrogens (tertiary/aromatic N) is 2. The molecule has 4 rings (SSSR count). The number of benzene rings is 2. The Kier molecular flexibility index (Phi) is 4.49. The molecule has 2 aromatic carbocycles. The van der Waals surface area contributed by atoms with Crippen LogP contribution in [0.25, 0.3) is 33.4 Å². The summed E-state index contributed by atoms with van der Waals surface area (Å²) >= 11 is 0. The molecule has 28 heavy (non-hydrogen) atoms. The third-order valence-corrected chi connectivity index (χ3v) is 4.39. The van der Waals surface area contributed by atoms with Crippen LogP contribution >= 0.6 is 0 Å². The van der Waals surface area contributed by atoms with Crippen LogP contribution in [0.2, 0.25) is 0 Å². The molecular weight excluding hydrogens is 361 g/mol. The summed E-state index contributed by atoms with van der Waals surface area (Å²) in [5.74, 6) is -0.262. The Morgan fingerprint density at radius 3 is 2.36 bits per heavy atom. The van der Waals surface area contributed by atoms with Gasteiger partial charge in [0, 0.05) is 36.0 Å². The Labute approximate surface area is 160 Å². The highest BCUT2D eigenvalue weighted by atomic mass is 19.1. The molecule has 0 saturated carbocycles. The maximum Gasteiger partial charge on any atom is 0.316 e. The average Bonchev–Trinajstić information content (AvgIpc) is 3.12. The maximum absolute atomic E-state index is 13.3. The number of hydrogen-bond donors (Lipinski definition) is 1. The Bertz CT molecular complexity index is 1150. The van der Waals surface area contributed by atoms with Crippen LogP contribution in [0, 0.1) is 5.82 Å². The summed E-state index contributed by atoms with van der Waals surface area (Å²) in [7, 11) is 3.05. The zero-order chi connectivity index (χ0) is 19.7. The van der Waals surface area contributed by atoms with E-state index in [1.165, 1.54) is 19.2 Å². The van der Waals surface area contributed by atoms with Gasteiger partial charge in [-0.1, -0.05) is 6.07 Å². The van der Waals surface area contributed by atoms with E-state index >= 15 is 0 Å². The van der Waals surface area contributed by atoms with Gasteiger partial charge in [0.25, 0.3) is 5.91 Å². The van der Waals surface area contributed by atoms with Gasteiger partial charge in [-0.15, -0.1) is 0 Å². The molecule has 2 heterocycles. The first-order valence-electron chi connectivity index (χ1n) is 8.51. The van der Waals surface area contributed by atoms with Gasteiger partial charge >= 0.3 is 6.01 Å². The van der Waals surface area contributed by atoms with Gasteiger partial charge in [-0.05, 0) is 42.0 Å². The van der Waals surface area contributed by atoms with Crippen LogP contribution in [-0.2, 0) is 0 Å². The minimum Gasteiger partial charge on any atom is -0.467 e. The molecule has 0 spiro atoms. The molecule has 140 valence electrons. The molecule has 2 aromatic heterocycles. The lowest BCUT2D eigenvalue weighted by atomic mass is 10.0. The number of hydrogen-bond acceptors (Lipinski definition) is 5. The molecule has 0 saturated heterocycles. The molecule has 0 unspecified atom stereocenters. The topological polar surface area (TPSA) is 77.2 Å². The molecule has 0 fully saturated rings. The van der Waals surface area contributed by atoms with E-state index < -0.39 is 0 Å². The number of carbonyl (C=O) groups is 1. The summed E-state index contributed by atoms with van der Waals surface area (Å²) in [5, 5.41) is 3.29. The number of aromatic nitrogens is 2. The normalized spacial score (nSPS) is 10.8. The second-order valence-electron chi connectivity index (χ2n) is 6.06. The smallest absolute Gasteiger partial charge is 0.316 e. The number of halogens is 1. The second kappa shape index (κ2) is 7.11. The lowest BCUT2D eigenvalue weighted by Crippen LogP contribution is -2.18. The van der Waals surface area contributed by atoms with Crippen molar-refractivity contribution in [2.24, 2.45) is 0 Å². The fourth-order valence-electron chi connectivity index (χ4n) is 3.00. The highest BCUT2D eigenvalue weighted by Gasteiger charge is 2.22. The van der Waals surface area contributed by atoms with E-state index in [0.29, 0.717) is 27.9 Å². The van der Waals surface area contributed by atoms with E-state index in [1.807, 2.05) is 12.1 Å². The first-order valence-corrected chi connectivity index (χ1v) is 8.51. The van der Waals surface area contributed by atoms with Crippen molar-refractivity contribution >= 4 is 16.9 Å². The highest BCUT2D eigenvalue weighted by molar-refractivity contribution is 6.11. The van der Waals surface area contributed by atoms with Gasteiger partial charge < -0.3 is 14.5 Å². The zero-order valence-electron chi connectivity index (χ0n) is 15.2. The third kappa shape index (κ3) is 3.07. The van der Waals surface area contributed by atoms with Crippen molar-refractivity contribution in [2.75, 3.05) is 14.2 Å². The monoisotopic (exact) mass is 377 g/mol. The molecule has 0 bridgehead atoms. The standard InChI is InChI=1S/C21H16FN3O3/c1-23-20(26)18-16-9-13(14-10-24-21(27-2)25-11-14)5-8-17(16)28-19(18)12-3-6-15(22)7-4-12/h3-11H,1-2H3,(H,23,26). The molecule has 1 amide bonds. The van der Waals surface area contributed by atoms with Crippen LogP contribution in [0.5, 0.6) is 6.01 Å². The third-order valence-electron chi connectivity index (χ3n) is 4.39. The number of nitrogens with one attached hydrogen (secondary N) is 1. The molecular formula is C21H16FN3O3. The van der Waals surface area contributed by atoms with Crippen molar-refractivity contribution in [1.82, 2.24) is 15.3 Å². The van der Waals surface area contributed by atoms with Crippen molar-refractivity contribution in [3.05, 3.63) is 66.2 Å². The quantitative estimate of drug-likeness (QED) is 0.580. The number of rotatable bonds is 4. The van der Waals surface area contributed by atoms with Crippen molar-refractivity contribution < 1.29 is 18.3 Å². The van der Waals surface area contributed by atoms with Gasteiger partial charge in [-0.3, -0.25) is 4.79 Å². The fraction of sp³-hybridized carbons (Fsp3) is 0.0952. The minimum atomic E-state index is -0.358. The van der Waals surface area contributed by atoms with Crippen LogP contribution in [0.4, 0.5) is 4.39 Å². The van der Waals surface area contributed by atoms with Crippen LogP contribution < -0.4 is 10.1 Å². The van der Waals surface area contributed by atoms with Crippen LogP contribution in [-0.4, -0.2) is 30.0 Å². The van der Waals surface area contributed by atoms with Gasteiger partial charge in [-0.25, -0.2) is 14.4 Å². The number of amides is 1. The molecule has 0 atom stereocenters. The van der Waals surface area contributed by atoms with E-state index in [9.17, 15) is 9.18 Å². The van der Waals surface area contributed by atoms with Crippen LogP contribution in [0.15, 0.2) is 59.3 Å². The fourth-order valence-corrected chi connectivity index (χ4v) is 3.00. The maximum atomic E-state index is 13.3. The van der Waals surface area contributed by atoms with Crippen molar-refractivity contribution in [1.29, 1.82) is 0 Å². The Balaban J connectivity index is 1.89. The molecule has 0 aliphatic heterocycles. The summed E-state index contributed by atoms with van der Waals surface area (Å²) in [5.41, 5.74) is 3.16. The predicted octanol–water partition coefficient (Wildman–Crippen LogP) is 4.06. The number of carbonyl (C=O) groups excluding carboxylic acids is 1. The van der Waals surface area contributed by atoms with Crippen molar-refractivity contribution in [3.8, 4) is 28.5 Å². The van der Waals surface area contributed by atoms with Gasteiger partial charge in [0.1, 0.15) is 17.2 Å². The van der Waals surface area contributed by atoms with E-state index in [-0.39, 0.29) is 17.7 Å². The van der Waals surface area contributed by atoms with E-state index in [2.05, 4.69) is 15.3 Å². The van der Waals surface area contributed by atoms with Gasteiger partial charge in [0.05, 0.1) is 12.7 Å². The summed E-state index contributed by atoms with van der Waals surface area (Å²) in [6.45, 7) is 0. The van der Waals surface area contributed by atoms with E-state index in [0.717, 1.165) is 11.1 Å². The Hall–Kier alpha value is -3.74. The molecule has 0 aliphatic carbocycles. The number of ether oxygens (including phenoxy) is 1. The minimum absolute atomic E-state index is 0.276. The molecule has 1 N–H and O–H groups in total. The lowest BCUT2D eigenvalue weighted by Gasteiger charge is -2.04. The van der Waals surface area contributed by atoms with E-state index in [4.69, 9.17) is 9.15 Å².